The van der Waals surface area contributed by atoms with Gasteiger partial charge < -0.3 is 25.0 Å². The van der Waals surface area contributed by atoms with E-state index in [9.17, 15) is 4.79 Å². The Balaban J connectivity index is 1.78. The number of rotatable bonds is 7. The summed E-state index contributed by atoms with van der Waals surface area (Å²) in [7, 11) is 3.05. The fourth-order valence-electron chi connectivity index (χ4n) is 3.85. The van der Waals surface area contributed by atoms with Crippen LogP contribution in [0.2, 0.25) is 0 Å². The van der Waals surface area contributed by atoms with Gasteiger partial charge in [-0.3, -0.25) is 9.78 Å². The number of anilines is 2. The van der Waals surface area contributed by atoms with E-state index in [1.54, 1.807) is 24.6 Å². The number of pyridine rings is 1. The van der Waals surface area contributed by atoms with Gasteiger partial charge in [-0.25, -0.2) is 0 Å². The molecule has 1 amide bonds. The monoisotopic (exact) mass is 468 g/mol. The third kappa shape index (κ3) is 4.32. The molecule has 32 heavy (non-hydrogen) atoms. The van der Waals surface area contributed by atoms with Crippen LogP contribution in [0.15, 0.2) is 54.0 Å². The number of carbonyl (C=O) groups is 1. The second kappa shape index (κ2) is 9.64. The maximum atomic E-state index is 12.2. The van der Waals surface area contributed by atoms with Gasteiger partial charge in [0.05, 0.1) is 30.6 Å². The largest absolute Gasteiger partial charge is 0.495 e. The van der Waals surface area contributed by atoms with E-state index in [4.69, 9.17) is 21.7 Å². The van der Waals surface area contributed by atoms with Crippen LogP contribution >= 0.6 is 23.6 Å². The van der Waals surface area contributed by atoms with Crippen molar-refractivity contribution in [3.63, 3.8) is 0 Å². The van der Waals surface area contributed by atoms with Crippen LogP contribution in [-0.4, -0.2) is 36.8 Å². The molecule has 166 valence electrons. The summed E-state index contributed by atoms with van der Waals surface area (Å²) < 4.78 is 10.4. The number of hydrogen-bond acceptors (Lipinski definition) is 6. The number of carbonyl (C=O) groups excluding carboxylic acids is 1. The van der Waals surface area contributed by atoms with Crippen LogP contribution in [0.5, 0.6) is 5.75 Å². The van der Waals surface area contributed by atoms with Crippen LogP contribution in [0, 0.1) is 6.92 Å². The molecule has 0 aliphatic carbocycles. The van der Waals surface area contributed by atoms with Gasteiger partial charge in [0.15, 0.2) is 5.11 Å². The van der Waals surface area contributed by atoms with Crippen molar-refractivity contribution < 1.29 is 14.3 Å². The van der Waals surface area contributed by atoms with E-state index in [-0.39, 0.29) is 24.6 Å². The summed E-state index contributed by atoms with van der Waals surface area (Å²) in [4.78, 5) is 20.0. The fraction of sp³-hybridized carbons (Fsp3) is 0.261. The summed E-state index contributed by atoms with van der Waals surface area (Å²) in [5.74, 6) is 0.295. The molecule has 7 nitrogen and oxygen atoms in total. The minimum absolute atomic E-state index is 0.0458. The zero-order chi connectivity index (χ0) is 22.7. The number of ether oxygens (including phenoxy) is 2. The second-order valence-electron chi connectivity index (χ2n) is 7.33. The van der Waals surface area contributed by atoms with Gasteiger partial charge in [-0.2, -0.15) is 0 Å². The Morgan fingerprint density at radius 1 is 1.28 bits per heavy atom. The van der Waals surface area contributed by atoms with Crippen LogP contribution in [0.4, 0.5) is 11.4 Å². The Morgan fingerprint density at radius 3 is 2.78 bits per heavy atom. The minimum atomic E-state index is -0.262. The number of amides is 1. The highest BCUT2D eigenvalue weighted by molar-refractivity contribution is 7.80. The summed E-state index contributed by atoms with van der Waals surface area (Å²) >= 11 is 7.48. The second-order valence-corrected chi connectivity index (χ2v) is 8.66. The summed E-state index contributed by atoms with van der Waals surface area (Å²) in [6.07, 6.45) is 1.79. The number of benzene rings is 1. The van der Waals surface area contributed by atoms with Gasteiger partial charge in [-0.05, 0) is 66.5 Å². The lowest BCUT2D eigenvalue weighted by atomic mass is 10.0. The number of thiophene rings is 1. The molecule has 1 saturated heterocycles. The number of nitrogens with zero attached hydrogens (tertiary/aromatic N) is 2. The Bertz CT molecular complexity index is 1120. The zero-order valence-electron chi connectivity index (χ0n) is 18.0. The van der Waals surface area contributed by atoms with Gasteiger partial charge >= 0.3 is 0 Å². The van der Waals surface area contributed by atoms with Crippen LogP contribution in [-0.2, 0) is 9.53 Å². The molecule has 3 heterocycles. The molecule has 0 unspecified atom stereocenters. The smallest absolute Gasteiger partial charge is 0.250 e. The van der Waals surface area contributed by atoms with Crippen LogP contribution in [0.25, 0.3) is 0 Å². The Morgan fingerprint density at radius 2 is 2.12 bits per heavy atom. The van der Waals surface area contributed by atoms with Gasteiger partial charge in [-0.15, -0.1) is 11.3 Å². The highest BCUT2D eigenvalue weighted by Crippen LogP contribution is 2.45. The van der Waals surface area contributed by atoms with Crippen LogP contribution in [0.3, 0.4) is 0 Å². The zero-order valence-corrected chi connectivity index (χ0v) is 19.6. The molecule has 1 fully saturated rings. The number of hydrogen-bond donors (Lipinski definition) is 2. The summed E-state index contributed by atoms with van der Waals surface area (Å²) in [6, 6.07) is 13.4. The SMILES string of the molecule is COCC(=O)Nc1cc(N2C(=S)N[C@@H](c3ccccn3)[C@H]2c2sccc2C)ccc1OC. The predicted molar refractivity (Wildman–Crippen MR) is 130 cm³/mol. The number of thiocarbonyl (C=S) groups is 1. The van der Waals surface area contributed by atoms with E-state index >= 15 is 0 Å². The van der Waals surface area contributed by atoms with Crippen molar-refractivity contribution in [1.82, 2.24) is 10.3 Å². The topological polar surface area (TPSA) is 75.7 Å². The van der Waals surface area contributed by atoms with Crippen LogP contribution < -0.4 is 20.3 Å². The Labute approximate surface area is 196 Å². The molecular formula is C23H24N4O3S2. The predicted octanol–water partition coefficient (Wildman–Crippen LogP) is 4.22. The summed E-state index contributed by atoms with van der Waals surface area (Å²) in [5.41, 5.74) is 3.50. The van der Waals surface area contributed by atoms with Crippen molar-refractivity contribution in [3.8, 4) is 5.75 Å². The van der Waals surface area contributed by atoms with Crippen LogP contribution in [0.1, 0.15) is 28.2 Å². The first kappa shape index (κ1) is 22.2. The molecule has 0 radical (unpaired) electrons. The molecule has 1 aliphatic heterocycles. The van der Waals surface area contributed by atoms with Gasteiger partial charge in [0, 0.05) is 23.9 Å². The van der Waals surface area contributed by atoms with E-state index in [1.807, 2.05) is 36.4 Å². The van der Waals surface area contributed by atoms with Crippen molar-refractivity contribution in [2.75, 3.05) is 31.0 Å². The molecule has 3 aromatic rings. The van der Waals surface area contributed by atoms with E-state index in [2.05, 4.69) is 38.9 Å². The number of aromatic nitrogens is 1. The Kier molecular flexibility index (Phi) is 6.69. The Hall–Kier alpha value is -3.01. The third-order valence-electron chi connectivity index (χ3n) is 5.28. The first-order valence-corrected chi connectivity index (χ1v) is 11.3. The third-order valence-corrected chi connectivity index (χ3v) is 6.68. The molecule has 0 bridgehead atoms. The number of aryl methyl sites for hydroxylation is 1. The molecule has 2 N–H and O–H groups in total. The first-order chi connectivity index (χ1) is 15.5. The van der Waals surface area contributed by atoms with Gasteiger partial charge in [0.25, 0.3) is 0 Å². The minimum Gasteiger partial charge on any atom is -0.495 e. The highest BCUT2D eigenvalue weighted by Gasteiger charge is 2.42. The molecule has 0 saturated carbocycles. The normalized spacial score (nSPS) is 17.8. The molecule has 4 rings (SSSR count). The van der Waals surface area contributed by atoms with Gasteiger partial charge in [0.1, 0.15) is 12.4 Å². The van der Waals surface area contributed by atoms with Crippen molar-refractivity contribution in [2.45, 2.75) is 19.0 Å². The molecule has 0 spiro atoms. The van der Waals surface area contributed by atoms with E-state index < -0.39 is 0 Å². The van der Waals surface area contributed by atoms with Gasteiger partial charge in [-0.1, -0.05) is 6.07 Å². The molecule has 9 heteroatoms. The standard InChI is InChI=1S/C23H24N4O3S2/c1-14-9-11-32-22(14)21-20(16-6-4-5-10-24-16)26-23(31)27(21)15-7-8-18(30-3)17(12-15)25-19(28)13-29-2/h4-12,20-21H,13H2,1-3H3,(H,25,28)(H,26,31)/t20-,21-/m0/s1. The summed E-state index contributed by atoms with van der Waals surface area (Å²) in [5, 5.41) is 8.99. The maximum absolute atomic E-state index is 12.2. The number of methoxy groups -OCH3 is 2. The van der Waals surface area contributed by atoms with E-state index in [0.29, 0.717) is 16.5 Å². The van der Waals surface area contributed by atoms with Crippen molar-refractivity contribution in [2.24, 2.45) is 0 Å². The molecule has 2 atom stereocenters. The lowest BCUT2D eigenvalue weighted by Crippen LogP contribution is -2.29. The quantitative estimate of drug-likeness (QED) is 0.503. The summed E-state index contributed by atoms with van der Waals surface area (Å²) in [6.45, 7) is 2.06. The first-order valence-electron chi connectivity index (χ1n) is 10.0. The average molecular weight is 469 g/mol. The molecule has 2 aromatic heterocycles. The molecular weight excluding hydrogens is 444 g/mol. The average Bonchev–Trinajstić information content (AvgIpc) is 3.36. The van der Waals surface area contributed by atoms with Crippen molar-refractivity contribution in [3.05, 3.63) is 70.2 Å². The maximum Gasteiger partial charge on any atom is 0.250 e. The highest BCUT2D eigenvalue weighted by atomic mass is 32.1. The van der Waals surface area contributed by atoms with E-state index in [1.165, 1.54) is 17.6 Å². The fourth-order valence-corrected chi connectivity index (χ4v) is 5.25. The number of nitrogens with one attached hydrogen (secondary N) is 2. The molecule has 1 aliphatic rings. The van der Waals surface area contributed by atoms with Crippen molar-refractivity contribution >= 4 is 45.9 Å². The lowest BCUT2D eigenvalue weighted by molar-refractivity contribution is -0.119. The van der Waals surface area contributed by atoms with Gasteiger partial charge in [0.2, 0.25) is 5.91 Å². The van der Waals surface area contributed by atoms with Crippen molar-refractivity contribution in [1.29, 1.82) is 0 Å². The lowest BCUT2D eigenvalue weighted by Gasteiger charge is -2.28. The van der Waals surface area contributed by atoms with E-state index in [0.717, 1.165) is 11.4 Å². The molecule has 1 aromatic carbocycles.